The van der Waals surface area contributed by atoms with Crippen LogP contribution in [0.1, 0.15) is 5.56 Å². The van der Waals surface area contributed by atoms with Gasteiger partial charge in [0.05, 0.1) is 12.3 Å². The van der Waals surface area contributed by atoms with Crippen LogP contribution in [0, 0.1) is 0 Å². The molecule has 3 aromatic rings. The van der Waals surface area contributed by atoms with Gasteiger partial charge in [-0.15, -0.1) is 5.10 Å². The van der Waals surface area contributed by atoms with Crippen molar-refractivity contribution in [3.8, 4) is 11.3 Å². The Morgan fingerprint density at radius 2 is 2.00 bits per heavy atom. The number of nitrogens with two attached hydrogens (primary N) is 1. The number of carbonyl (C=O) groups is 1. The first-order valence-corrected chi connectivity index (χ1v) is 7.77. The van der Waals surface area contributed by atoms with Gasteiger partial charge in [0, 0.05) is 18.7 Å². The quantitative estimate of drug-likeness (QED) is 0.786. The van der Waals surface area contributed by atoms with Crippen LogP contribution in [0.4, 0.5) is 5.95 Å². The average Bonchev–Trinajstić information content (AvgIpc) is 2.98. The number of amides is 1. The highest BCUT2D eigenvalue weighted by Gasteiger charge is 2.18. The highest BCUT2D eigenvalue weighted by Crippen LogP contribution is 2.21. The van der Waals surface area contributed by atoms with Crippen LogP contribution in [0.25, 0.3) is 16.9 Å². The zero-order valence-electron chi connectivity index (χ0n) is 13.1. The van der Waals surface area contributed by atoms with Crippen LogP contribution in [0.5, 0.6) is 0 Å². The molecule has 1 amide bonds. The normalized spacial score (nSPS) is 15.2. The van der Waals surface area contributed by atoms with Gasteiger partial charge in [0.25, 0.3) is 0 Å². The predicted molar refractivity (Wildman–Crippen MR) is 89.1 cm³/mol. The van der Waals surface area contributed by atoms with E-state index in [1.54, 1.807) is 4.52 Å². The molecule has 1 aromatic carbocycles. The number of hydrogen-bond acceptors (Lipinski definition) is 5. The van der Waals surface area contributed by atoms with E-state index in [4.69, 9.17) is 10.5 Å². The molecule has 2 aromatic heterocycles. The first kappa shape index (κ1) is 14.6. The number of hydrogen-bond donors (Lipinski definition) is 1. The van der Waals surface area contributed by atoms with Gasteiger partial charge in [-0.1, -0.05) is 30.3 Å². The van der Waals surface area contributed by atoms with Crippen molar-refractivity contribution < 1.29 is 9.53 Å². The third kappa shape index (κ3) is 2.69. The summed E-state index contributed by atoms with van der Waals surface area (Å²) in [4.78, 5) is 17.8. The van der Waals surface area contributed by atoms with Gasteiger partial charge in [-0.25, -0.2) is 4.52 Å². The van der Waals surface area contributed by atoms with E-state index in [1.807, 2.05) is 47.4 Å². The Morgan fingerprint density at radius 3 is 2.79 bits per heavy atom. The number of aromatic nitrogens is 3. The Morgan fingerprint density at radius 1 is 1.17 bits per heavy atom. The molecule has 2 N–H and O–H groups in total. The van der Waals surface area contributed by atoms with Gasteiger partial charge >= 0.3 is 0 Å². The summed E-state index contributed by atoms with van der Waals surface area (Å²) in [5, 5.41) is 4.23. The predicted octanol–water partition coefficient (Wildman–Crippen LogP) is 1.34. The zero-order chi connectivity index (χ0) is 16.5. The summed E-state index contributed by atoms with van der Waals surface area (Å²) in [6, 6.07) is 13.9. The zero-order valence-corrected chi connectivity index (χ0v) is 13.1. The summed E-state index contributed by atoms with van der Waals surface area (Å²) in [5.41, 5.74) is 9.42. The fraction of sp³-hybridized carbons (Fsp3) is 0.235. The van der Waals surface area contributed by atoms with E-state index in [-0.39, 0.29) is 18.5 Å². The van der Waals surface area contributed by atoms with Gasteiger partial charge in [0.15, 0.2) is 5.65 Å². The summed E-state index contributed by atoms with van der Waals surface area (Å²) in [5.74, 6) is 0.290. The molecule has 7 nitrogen and oxygen atoms in total. The van der Waals surface area contributed by atoms with Gasteiger partial charge in [-0.2, -0.15) is 4.98 Å². The van der Waals surface area contributed by atoms with Crippen LogP contribution < -0.4 is 5.73 Å². The summed E-state index contributed by atoms with van der Waals surface area (Å²) in [6.07, 6.45) is 0. The van der Waals surface area contributed by atoms with Crippen molar-refractivity contribution >= 4 is 17.5 Å². The monoisotopic (exact) mass is 323 g/mol. The van der Waals surface area contributed by atoms with Crippen LogP contribution in [0.15, 0.2) is 42.5 Å². The van der Waals surface area contributed by atoms with Gasteiger partial charge in [0.2, 0.25) is 11.9 Å². The Kier molecular flexibility index (Phi) is 3.62. The Labute approximate surface area is 138 Å². The largest absolute Gasteiger partial charge is 0.370 e. The number of anilines is 1. The number of ether oxygens (including phenoxy) is 1. The van der Waals surface area contributed by atoms with Crippen molar-refractivity contribution in [2.24, 2.45) is 0 Å². The lowest BCUT2D eigenvalue weighted by Gasteiger charge is -2.26. The van der Waals surface area contributed by atoms with Crippen LogP contribution in [-0.4, -0.2) is 45.2 Å². The first-order valence-electron chi connectivity index (χ1n) is 7.77. The van der Waals surface area contributed by atoms with E-state index in [9.17, 15) is 4.79 Å². The molecule has 0 radical (unpaired) electrons. The number of benzene rings is 1. The van der Waals surface area contributed by atoms with Crippen molar-refractivity contribution in [3.05, 3.63) is 48.0 Å². The van der Waals surface area contributed by atoms with E-state index < -0.39 is 0 Å². The topological polar surface area (TPSA) is 85.7 Å². The third-order valence-corrected chi connectivity index (χ3v) is 4.08. The molecule has 1 saturated heterocycles. The van der Waals surface area contributed by atoms with Crippen molar-refractivity contribution in [1.82, 2.24) is 19.5 Å². The van der Waals surface area contributed by atoms with E-state index in [0.29, 0.717) is 25.3 Å². The smallest absolute Gasteiger partial charge is 0.248 e. The van der Waals surface area contributed by atoms with Crippen molar-refractivity contribution in [2.75, 3.05) is 25.5 Å². The molecule has 122 valence electrons. The molecule has 0 bridgehead atoms. The SMILES string of the molecule is Nc1nc2cccc(-c3ccc(CN4CCOCC4=O)cc3)n2n1. The third-order valence-electron chi connectivity index (χ3n) is 4.08. The summed E-state index contributed by atoms with van der Waals surface area (Å²) >= 11 is 0. The molecule has 1 aliphatic rings. The van der Waals surface area contributed by atoms with Crippen LogP contribution in [0.3, 0.4) is 0 Å². The number of morpholine rings is 1. The Balaban J connectivity index is 1.60. The second-order valence-corrected chi connectivity index (χ2v) is 5.72. The van der Waals surface area contributed by atoms with Gasteiger partial charge in [-0.05, 0) is 17.7 Å². The minimum atomic E-state index is 0.0354. The fourth-order valence-electron chi connectivity index (χ4n) is 2.86. The van der Waals surface area contributed by atoms with E-state index in [1.165, 1.54) is 0 Å². The second kappa shape index (κ2) is 5.93. The summed E-state index contributed by atoms with van der Waals surface area (Å²) in [6.45, 7) is 2.01. The van der Waals surface area contributed by atoms with Crippen LogP contribution >= 0.6 is 0 Å². The van der Waals surface area contributed by atoms with E-state index >= 15 is 0 Å². The minimum Gasteiger partial charge on any atom is -0.370 e. The molecular formula is C17H17N5O2. The fourth-order valence-corrected chi connectivity index (χ4v) is 2.86. The summed E-state index contributed by atoms with van der Waals surface area (Å²) in [7, 11) is 0. The lowest BCUT2D eigenvalue weighted by Crippen LogP contribution is -2.40. The standard InChI is InChI=1S/C17H17N5O2/c18-17-19-15-3-1-2-14(22(15)20-17)13-6-4-12(5-7-13)10-21-8-9-24-11-16(21)23/h1-7H,8-11H2,(H2,18,20). The highest BCUT2D eigenvalue weighted by molar-refractivity contribution is 5.78. The molecule has 7 heteroatoms. The average molecular weight is 323 g/mol. The van der Waals surface area contributed by atoms with Crippen molar-refractivity contribution in [2.45, 2.75) is 6.54 Å². The van der Waals surface area contributed by atoms with Crippen LogP contribution in [0.2, 0.25) is 0 Å². The first-order chi connectivity index (χ1) is 11.7. The molecular weight excluding hydrogens is 306 g/mol. The molecule has 0 saturated carbocycles. The van der Waals surface area contributed by atoms with E-state index in [2.05, 4.69) is 10.1 Å². The molecule has 0 unspecified atom stereocenters. The number of nitrogen functional groups attached to an aromatic ring is 1. The highest BCUT2D eigenvalue weighted by atomic mass is 16.5. The molecule has 1 fully saturated rings. The number of pyridine rings is 1. The maximum absolute atomic E-state index is 11.8. The molecule has 1 aliphatic heterocycles. The van der Waals surface area contributed by atoms with Gasteiger partial charge in [0.1, 0.15) is 6.61 Å². The lowest BCUT2D eigenvalue weighted by atomic mass is 10.1. The Hall–Kier alpha value is -2.93. The molecule has 0 aliphatic carbocycles. The van der Waals surface area contributed by atoms with Crippen molar-refractivity contribution in [3.63, 3.8) is 0 Å². The minimum absolute atomic E-state index is 0.0354. The summed E-state index contributed by atoms with van der Waals surface area (Å²) < 4.78 is 6.88. The van der Waals surface area contributed by atoms with Crippen LogP contribution in [-0.2, 0) is 16.1 Å². The number of fused-ring (bicyclic) bond motifs is 1. The second-order valence-electron chi connectivity index (χ2n) is 5.72. The maximum atomic E-state index is 11.8. The molecule has 0 spiro atoms. The number of carbonyl (C=O) groups excluding carboxylic acids is 1. The van der Waals surface area contributed by atoms with Gasteiger partial charge < -0.3 is 15.4 Å². The maximum Gasteiger partial charge on any atom is 0.248 e. The van der Waals surface area contributed by atoms with E-state index in [0.717, 1.165) is 16.8 Å². The number of nitrogens with zero attached hydrogens (tertiary/aromatic N) is 4. The van der Waals surface area contributed by atoms with Gasteiger partial charge in [-0.3, -0.25) is 4.79 Å². The molecule has 0 atom stereocenters. The molecule has 3 heterocycles. The lowest BCUT2D eigenvalue weighted by molar-refractivity contribution is -0.143. The Bertz CT molecular complexity index is 888. The van der Waals surface area contributed by atoms with Crippen molar-refractivity contribution in [1.29, 1.82) is 0 Å². The molecule has 24 heavy (non-hydrogen) atoms. The molecule has 4 rings (SSSR count). The number of rotatable bonds is 3.